The van der Waals surface area contributed by atoms with Crippen LogP contribution in [0.25, 0.3) is 0 Å². The third-order valence-corrected chi connectivity index (χ3v) is 8.06. The molecule has 0 aromatic heterocycles. The fourth-order valence-corrected chi connectivity index (χ4v) is 5.97. The van der Waals surface area contributed by atoms with Gasteiger partial charge in [0.1, 0.15) is 5.25 Å². The molecule has 2 amide bonds. The summed E-state index contributed by atoms with van der Waals surface area (Å²) in [5.41, 5.74) is 9.30. The van der Waals surface area contributed by atoms with Gasteiger partial charge in [-0.1, -0.05) is 55.5 Å². The Morgan fingerprint density at radius 1 is 1.30 bits per heavy atom. The molecule has 0 spiro atoms. The van der Waals surface area contributed by atoms with E-state index in [1.165, 1.54) is 10.4 Å². The number of carbonyl (C=O) groups is 1. The number of fused-ring (bicyclic) bond motifs is 1. The molecule has 2 unspecified atom stereocenters. The minimum atomic E-state index is -3.89. The topological polar surface area (TPSA) is 108 Å². The zero-order chi connectivity index (χ0) is 23.6. The summed E-state index contributed by atoms with van der Waals surface area (Å²) in [5.74, 6) is -0.0179. The van der Waals surface area contributed by atoms with Crippen LogP contribution in [0.15, 0.2) is 66.2 Å². The molecule has 2 aromatic rings. The Labute approximate surface area is 194 Å². The van der Waals surface area contributed by atoms with Gasteiger partial charge < -0.3 is 11.1 Å². The molecular weight excluding hydrogens is 438 g/mol. The van der Waals surface area contributed by atoms with Gasteiger partial charge in [-0.05, 0) is 35.6 Å². The van der Waals surface area contributed by atoms with Gasteiger partial charge in [0.25, 0.3) is 0 Å². The predicted molar refractivity (Wildman–Crippen MR) is 131 cm³/mol. The molecule has 0 bridgehead atoms. The highest BCUT2D eigenvalue weighted by molar-refractivity contribution is 7.90. The Hall–Kier alpha value is -3.33. The van der Waals surface area contributed by atoms with Crippen LogP contribution in [0.3, 0.4) is 0 Å². The summed E-state index contributed by atoms with van der Waals surface area (Å²) in [5, 5.41) is 1.91. The van der Waals surface area contributed by atoms with Crippen LogP contribution in [-0.4, -0.2) is 44.3 Å². The number of hydrogen-bond donors (Lipinski definition) is 2. The lowest BCUT2D eigenvalue weighted by Crippen LogP contribution is -2.41. The number of nitrogens with zero attached hydrogens (tertiary/aromatic N) is 3. The van der Waals surface area contributed by atoms with Crippen molar-refractivity contribution in [1.82, 2.24) is 9.62 Å². The van der Waals surface area contributed by atoms with Gasteiger partial charge in [0, 0.05) is 18.8 Å². The number of sulfonamides is 1. The summed E-state index contributed by atoms with van der Waals surface area (Å²) >= 11 is 0. The van der Waals surface area contributed by atoms with Crippen molar-refractivity contribution >= 4 is 27.7 Å². The number of nitrogens with one attached hydrogen (secondary N) is 1. The first-order valence-electron chi connectivity index (χ1n) is 11.1. The number of urea groups is 1. The first-order chi connectivity index (χ1) is 15.9. The van der Waals surface area contributed by atoms with E-state index in [4.69, 9.17) is 5.73 Å². The lowest BCUT2D eigenvalue weighted by molar-refractivity contribution is 0.247. The monoisotopic (exact) mass is 467 g/mol. The zero-order valence-corrected chi connectivity index (χ0v) is 19.5. The van der Waals surface area contributed by atoms with E-state index in [0.717, 1.165) is 23.2 Å². The van der Waals surface area contributed by atoms with Gasteiger partial charge >= 0.3 is 6.03 Å². The summed E-state index contributed by atoms with van der Waals surface area (Å²) in [6.07, 6.45) is 2.94. The highest BCUT2D eigenvalue weighted by Gasteiger charge is 2.38. The molecule has 0 radical (unpaired) electrons. The molecule has 8 nitrogen and oxygen atoms in total. The van der Waals surface area contributed by atoms with E-state index in [1.54, 1.807) is 11.0 Å². The molecule has 0 saturated carbocycles. The summed E-state index contributed by atoms with van der Waals surface area (Å²) < 4.78 is 28.3. The highest BCUT2D eigenvalue weighted by Crippen LogP contribution is 2.36. The van der Waals surface area contributed by atoms with Gasteiger partial charge in [-0.25, -0.2) is 22.5 Å². The molecule has 0 aliphatic carbocycles. The van der Waals surface area contributed by atoms with Gasteiger partial charge in [0.2, 0.25) is 16.0 Å². The molecule has 3 N–H and O–H groups in total. The molecule has 174 valence electrons. The van der Waals surface area contributed by atoms with Crippen LogP contribution in [0.1, 0.15) is 41.3 Å². The van der Waals surface area contributed by atoms with Crippen molar-refractivity contribution in [3.8, 4) is 0 Å². The normalized spacial score (nSPS) is 18.6. The molecule has 0 fully saturated rings. The third kappa shape index (κ3) is 4.32. The lowest BCUT2D eigenvalue weighted by atomic mass is 10.1. The molecule has 2 aromatic carbocycles. The van der Waals surface area contributed by atoms with E-state index < -0.39 is 15.3 Å². The maximum atomic E-state index is 13.6. The van der Waals surface area contributed by atoms with Gasteiger partial charge in [-0.3, -0.25) is 4.90 Å². The van der Waals surface area contributed by atoms with E-state index in [9.17, 15) is 13.2 Å². The van der Waals surface area contributed by atoms with Gasteiger partial charge in [-0.15, -0.1) is 6.58 Å². The quantitative estimate of drug-likeness (QED) is 0.610. The first kappa shape index (κ1) is 22.8. The van der Waals surface area contributed by atoms with Crippen LogP contribution in [0, 0.1) is 0 Å². The Balaban J connectivity index is 1.57. The average molecular weight is 468 g/mol. The zero-order valence-electron chi connectivity index (χ0n) is 18.6. The SMILES string of the molecule is C=CC(c1ccc2c(c1)CCN2C(=O)NCCC)S(=O)(=O)N1CC(c2ccccc2)N=C1N. The Morgan fingerprint density at radius 3 is 2.76 bits per heavy atom. The summed E-state index contributed by atoms with van der Waals surface area (Å²) in [6, 6.07) is 14.4. The second-order valence-electron chi connectivity index (χ2n) is 8.17. The second-order valence-corrected chi connectivity index (χ2v) is 10.1. The summed E-state index contributed by atoms with van der Waals surface area (Å²) in [6.45, 7) is 7.11. The first-order valence-corrected chi connectivity index (χ1v) is 12.6. The van der Waals surface area contributed by atoms with Crippen molar-refractivity contribution in [2.45, 2.75) is 31.1 Å². The Bertz CT molecular complexity index is 1180. The summed E-state index contributed by atoms with van der Waals surface area (Å²) in [7, 11) is -3.89. The lowest BCUT2D eigenvalue weighted by Gasteiger charge is -2.24. The van der Waals surface area contributed by atoms with Crippen LogP contribution in [0.5, 0.6) is 0 Å². The molecule has 2 heterocycles. The summed E-state index contributed by atoms with van der Waals surface area (Å²) in [4.78, 5) is 18.5. The smallest absolute Gasteiger partial charge is 0.321 e. The Kier molecular flexibility index (Phi) is 6.42. The minimum absolute atomic E-state index is 0.0179. The fraction of sp³-hybridized carbons (Fsp3) is 0.333. The van der Waals surface area contributed by atoms with E-state index in [0.29, 0.717) is 25.1 Å². The number of aliphatic imine (C=N–C) groups is 1. The molecular formula is C24H29N5O3S. The number of amides is 2. The molecule has 9 heteroatoms. The van der Waals surface area contributed by atoms with E-state index in [-0.39, 0.29) is 24.6 Å². The number of rotatable bonds is 7. The number of nitrogens with two attached hydrogens (primary N) is 1. The van der Waals surface area contributed by atoms with Crippen molar-refractivity contribution in [3.63, 3.8) is 0 Å². The number of anilines is 1. The largest absolute Gasteiger partial charge is 0.369 e. The molecule has 2 atom stereocenters. The fourth-order valence-electron chi connectivity index (χ4n) is 4.31. The van der Waals surface area contributed by atoms with Crippen molar-refractivity contribution in [2.24, 2.45) is 10.7 Å². The minimum Gasteiger partial charge on any atom is -0.369 e. The maximum absolute atomic E-state index is 13.6. The number of carbonyl (C=O) groups excluding carboxylic acids is 1. The maximum Gasteiger partial charge on any atom is 0.321 e. The van der Waals surface area contributed by atoms with E-state index >= 15 is 0 Å². The van der Waals surface area contributed by atoms with Crippen LogP contribution >= 0.6 is 0 Å². The second kappa shape index (κ2) is 9.27. The number of benzene rings is 2. The van der Waals surface area contributed by atoms with Crippen molar-refractivity contribution in [1.29, 1.82) is 0 Å². The van der Waals surface area contributed by atoms with Crippen molar-refractivity contribution in [2.75, 3.05) is 24.5 Å². The number of hydrogen-bond acceptors (Lipinski definition) is 5. The highest BCUT2D eigenvalue weighted by atomic mass is 32.2. The van der Waals surface area contributed by atoms with Gasteiger partial charge in [-0.2, -0.15) is 0 Å². The molecule has 33 heavy (non-hydrogen) atoms. The Morgan fingerprint density at radius 2 is 2.06 bits per heavy atom. The standard InChI is InChI=1S/C24H29N5O3S/c1-3-13-26-24(30)28-14-12-18-15-19(10-11-21(18)28)22(4-2)33(31,32)29-16-20(27-23(29)25)17-8-6-5-7-9-17/h4-11,15,20,22H,2-3,12-14,16H2,1H3,(H2,25,27)(H,26,30). The van der Waals surface area contributed by atoms with Crippen LogP contribution < -0.4 is 16.0 Å². The van der Waals surface area contributed by atoms with Crippen molar-refractivity contribution < 1.29 is 13.2 Å². The van der Waals surface area contributed by atoms with Gasteiger partial charge in [0.05, 0.1) is 12.6 Å². The van der Waals surface area contributed by atoms with Crippen LogP contribution in [0.4, 0.5) is 10.5 Å². The van der Waals surface area contributed by atoms with Gasteiger partial charge in [0.15, 0.2) is 0 Å². The average Bonchev–Trinajstić information content (AvgIpc) is 3.42. The number of guanidine groups is 1. The third-order valence-electron chi connectivity index (χ3n) is 6.01. The van der Waals surface area contributed by atoms with E-state index in [1.807, 2.05) is 49.4 Å². The predicted octanol–water partition coefficient (Wildman–Crippen LogP) is 3.10. The van der Waals surface area contributed by atoms with Crippen LogP contribution in [0.2, 0.25) is 0 Å². The molecule has 4 rings (SSSR count). The molecule has 0 saturated heterocycles. The molecule has 2 aliphatic rings. The van der Waals surface area contributed by atoms with Crippen molar-refractivity contribution in [3.05, 3.63) is 77.9 Å². The molecule has 2 aliphatic heterocycles. The van der Waals surface area contributed by atoms with Crippen LogP contribution in [-0.2, 0) is 16.4 Å². The van der Waals surface area contributed by atoms with E-state index in [2.05, 4.69) is 16.9 Å².